The zero-order valence-electron chi connectivity index (χ0n) is 9.86. The molecule has 0 aliphatic heterocycles. The lowest BCUT2D eigenvalue weighted by atomic mass is 10.2. The number of hydrogen-bond donors (Lipinski definition) is 1. The van der Waals surface area contributed by atoms with Gasteiger partial charge >= 0.3 is 0 Å². The highest BCUT2D eigenvalue weighted by Gasteiger charge is 2.04. The number of rotatable bonds is 4. The average Bonchev–Trinajstić information content (AvgIpc) is 2.34. The Kier molecular flexibility index (Phi) is 5.45. The number of hydrogen-bond acceptors (Lipinski definition) is 2. The van der Waals surface area contributed by atoms with E-state index in [9.17, 15) is 0 Å². The van der Waals surface area contributed by atoms with Crippen LogP contribution in [0, 0.1) is 11.8 Å². The maximum Gasteiger partial charge on any atom is 0.120 e. The molecule has 0 saturated heterocycles. The molecule has 2 heteroatoms. The molecule has 0 amide bonds. The van der Waals surface area contributed by atoms with Crippen LogP contribution in [0.15, 0.2) is 24.3 Å². The first kappa shape index (κ1) is 12.6. The topological polar surface area (TPSA) is 29.5 Å². The van der Waals surface area contributed by atoms with E-state index < -0.39 is 0 Å². The van der Waals surface area contributed by atoms with Crippen molar-refractivity contribution in [2.24, 2.45) is 0 Å². The largest absolute Gasteiger partial charge is 0.490 e. The zero-order chi connectivity index (χ0) is 11.8. The van der Waals surface area contributed by atoms with E-state index in [0.717, 1.165) is 24.2 Å². The fourth-order valence-electron chi connectivity index (χ4n) is 1.44. The third-order valence-corrected chi connectivity index (χ3v) is 2.36. The normalized spacial score (nSPS) is 9.75. The average molecular weight is 218 g/mol. The predicted molar refractivity (Wildman–Crippen MR) is 65.4 cm³/mol. The summed E-state index contributed by atoms with van der Waals surface area (Å²) >= 11 is 0. The lowest BCUT2D eigenvalue weighted by molar-refractivity contribution is 0.193. The maximum absolute atomic E-state index is 8.61. The molecule has 1 aromatic rings. The fraction of sp³-hybridized carbons (Fsp3) is 0.429. The first-order chi connectivity index (χ1) is 7.80. The van der Waals surface area contributed by atoms with Crippen molar-refractivity contribution < 1.29 is 9.84 Å². The van der Waals surface area contributed by atoms with Crippen LogP contribution in [0.1, 0.15) is 32.3 Å². The van der Waals surface area contributed by atoms with E-state index in [1.165, 1.54) is 0 Å². The van der Waals surface area contributed by atoms with Gasteiger partial charge in [-0.25, -0.2) is 0 Å². The second-order valence-corrected chi connectivity index (χ2v) is 3.54. The molecule has 0 bridgehead atoms. The Morgan fingerprint density at radius 2 is 2.06 bits per heavy atom. The molecule has 16 heavy (non-hydrogen) atoms. The van der Waals surface area contributed by atoms with E-state index in [1.54, 1.807) is 0 Å². The van der Waals surface area contributed by atoms with Crippen molar-refractivity contribution in [3.63, 3.8) is 0 Å². The molecule has 0 fully saturated rings. The zero-order valence-corrected chi connectivity index (χ0v) is 9.86. The lowest BCUT2D eigenvalue weighted by Gasteiger charge is -2.15. The molecular weight excluding hydrogens is 200 g/mol. The van der Waals surface area contributed by atoms with Crippen LogP contribution in [-0.2, 0) is 0 Å². The molecule has 1 N–H and O–H groups in total. The first-order valence-electron chi connectivity index (χ1n) is 5.66. The number of aliphatic hydroxyl groups excluding tert-OH is 1. The Morgan fingerprint density at radius 1 is 1.31 bits per heavy atom. The van der Waals surface area contributed by atoms with Crippen molar-refractivity contribution in [1.82, 2.24) is 0 Å². The van der Waals surface area contributed by atoms with Gasteiger partial charge in [0.2, 0.25) is 0 Å². The molecule has 0 heterocycles. The maximum atomic E-state index is 8.61. The van der Waals surface area contributed by atoms with Crippen molar-refractivity contribution in [3.8, 4) is 17.6 Å². The van der Waals surface area contributed by atoms with Gasteiger partial charge in [0.05, 0.1) is 6.10 Å². The van der Waals surface area contributed by atoms with Gasteiger partial charge in [-0.15, -0.1) is 0 Å². The van der Waals surface area contributed by atoms with Crippen molar-refractivity contribution in [2.75, 3.05) is 6.61 Å². The second kappa shape index (κ2) is 6.92. The second-order valence-electron chi connectivity index (χ2n) is 3.54. The summed E-state index contributed by atoms with van der Waals surface area (Å²) in [6.45, 7) is 4.12. The highest BCUT2D eigenvalue weighted by molar-refractivity contribution is 5.39. The molecule has 0 unspecified atom stereocenters. The summed E-state index contributed by atoms with van der Waals surface area (Å²) in [5, 5.41) is 8.61. The SMILES string of the molecule is CCC(CC)Oc1cccc(C#CCO)c1. The summed E-state index contributed by atoms with van der Waals surface area (Å²) in [6, 6.07) is 7.66. The number of aliphatic hydroxyl groups is 1. The van der Waals surface area contributed by atoms with Gasteiger partial charge in [0.15, 0.2) is 0 Å². The Bertz CT molecular complexity index is 370. The molecule has 0 spiro atoms. The molecular formula is C14H18O2. The summed E-state index contributed by atoms with van der Waals surface area (Å²) in [5.74, 6) is 6.33. The molecule has 1 rings (SSSR count). The van der Waals surface area contributed by atoms with Crippen molar-refractivity contribution in [1.29, 1.82) is 0 Å². The van der Waals surface area contributed by atoms with Crippen LogP contribution in [-0.4, -0.2) is 17.8 Å². The van der Waals surface area contributed by atoms with Gasteiger partial charge in [0, 0.05) is 5.56 Å². The van der Waals surface area contributed by atoms with Gasteiger partial charge in [-0.1, -0.05) is 31.8 Å². The summed E-state index contributed by atoms with van der Waals surface area (Å²) in [7, 11) is 0. The van der Waals surface area contributed by atoms with E-state index >= 15 is 0 Å². The van der Waals surface area contributed by atoms with E-state index in [4.69, 9.17) is 9.84 Å². The van der Waals surface area contributed by atoms with E-state index in [1.807, 2.05) is 24.3 Å². The van der Waals surface area contributed by atoms with Gasteiger partial charge in [0.25, 0.3) is 0 Å². The van der Waals surface area contributed by atoms with Crippen LogP contribution in [0.25, 0.3) is 0 Å². The smallest absolute Gasteiger partial charge is 0.120 e. The standard InChI is InChI=1S/C14H18O2/c1-3-13(4-2)16-14-9-5-7-12(11-14)8-6-10-15/h5,7,9,11,13,15H,3-4,10H2,1-2H3. The molecule has 0 saturated carbocycles. The molecule has 2 nitrogen and oxygen atoms in total. The molecule has 0 aromatic heterocycles. The van der Waals surface area contributed by atoms with Crippen molar-refractivity contribution >= 4 is 0 Å². The van der Waals surface area contributed by atoms with Gasteiger partial charge in [-0.3, -0.25) is 0 Å². The molecule has 1 aromatic carbocycles. The van der Waals surface area contributed by atoms with Gasteiger partial charge in [-0.2, -0.15) is 0 Å². The Balaban J connectivity index is 2.74. The van der Waals surface area contributed by atoms with Gasteiger partial charge in [0.1, 0.15) is 12.4 Å². The van der Waals surface area contributed by atoms with Crippen LogP contribution in [0.2, 0.25) is 0 Å². The van der Waals surface area contributed by atoms with Crippen LogP contribution < -0.4 is 4.74 Å². The van der Waals surface area contributed by atoms with Crippen LogP contribution in [0.5, 0.6) is 5.75 Å². The Morgan fingerprint density at radius 3 is 2.69 bits per heavy atom. The molecule has 86 valence electrons. The minimum atomic E-state index is -0.113. The van der Waals surface area contributed by atoms with E-state index in [2.05, 4.69) is 25.7 Å². The lowest BCUT2D eigenvalue weighted by Crippen LogP contribution is -2.13. The minimum Gasteiger partial charge on any atom is -0.490 e. The van der Waals surface area contributed by atoms with Crippen molar-refractivity contribution in [3.05, 3.63) is 29.8 Å². The molecule has 0 atom stereocenters. The number of benzene rings is 1. The van der Waals surface area contributed by atoms with Crippen molar-refractivity contribution in [2.45, 2.75) is 32.8 Å². The summed E-state index contributed by atoms with van der Waals surface area (Å²) in [5.41, 5.74) is 0.873. The highest BCUT2D eigenvalue weighted by Crippen LogP contribution is 2.16. The third kappa shape index (κ3) is 3.96. The molecule has 0 aliphatic rings. The third-order valence-electron chi connectivity index (χ3n) is 2.36. The van der Waals surface area contributed by atoms with Gasteiger partial charge < -0.3 is 9.84 Å². The Labute approximate surface area is 97.3 Å². The van der Waals surface area contributed by atoms with Crippen LogP contribution >= 0.6 is 0 Å². The first-order valence-corrected chi connectivity index (χ1v) is 5.66. The predicted octanol–water partition coefficient (Wildman–Crippen LogP) is 2.60. The monoisotopic (exact) mass is 218 g/mol. The quantitative estimate of drug-likeness (QED) is 0.787. The summed E-state index contributed by atoms with van der Waals surface area (Å²) < 4.78 is 5.80. The van der Waals surface area contributed by atoms with Crippen LogP contribution in [0.3, 0.4) is 0 Å². The highest BCUT2D eigenvalue weighted by atomic mass is 16.5. The van der Waals surface area contributed by atoms with Gasteiger partial charge in [-0.05, 0) is 31.0 Å². The fourth-order valence-corrected chi connectivity index (χ4v) is 1.44. The summed E-state index contributed by atoms with van der Waals surface area (Å²) in [4.78, 5) is 0. The van der Waals surface area contributed by atoms with Crippen LogP contribution in [0.4, 0.5) is 0 Å². The Hall–Kier alpha value is -1.46. The number of ether oxygens (including phenoxy) is 1. The summed E-state index contributed by atoms with van der Waals surface area (Å²) in [6.07, 6.45) is 2.27. The van der Waals surface area contributed by atoms with E-state index in [-0.39, 0.29) is 12.7 Å². The minimum absolute atomic E-state index is 0.113. The molecule has 0 radical (unpaired) electrons. The van der Waals surface area contributed by atoms with E-state index in [0.29, 0.717) is 0 Å². The molecule has 0 aliphatic carbocycles.